The quantitative estimate of drug-likeness (QED) is 0.446. The summed E-state index contributed by atoms with van der Waals surface area (Å²) in [5.41, 5.74) is 0.681. The Morgan fingerprint density at radius 3 is 2.55 bits per heavy atom. The number of imide groups is 1. The summed E-state index contributed by atoms with van der Waals surface area (Å²) in [5, 5.41) is -0.443. The Morgan fingerprint density at radius 2 is 1.87 bits per heavy atom. The highest BCUT2D eigenvalue weighted by Gasteiger charge is 2.35. The molecule has 0 radical (unpaired) electrons. The minimum Gasteiger partial charge on any atom is -0.482 e. The number of methoxy groups -OCH3 is 1. The molecule has 1 aliphatic rings. The molecule has 0 atom stereocenters. The number of benzene rings is 1. The third-order valence-corrected chi connectivity index (χ3v) is 4.98. The van der Waals surface area contributed by atoms with Crippen LogP contribution in [-0.4, -0.2) is 48.3 Å². The van der Waals surface area contributed by atoms with Crippen molar-refractivity contribution in [3.05, 3.63) is 58.4 Å². The molecule has 1 aromatic heterocycles. The Morgan fingerprint density at radius 1 is 1.13 bits per heavy atom. The highest BCUT2D eigenvalue weighted by Crippen LogP contribution is 2.33. The van der Waals surface area contributed by atoms with Gasteiger partial charge in [0.05, 0.1) is 25.2 Å². The first-order valence-corrected chi connectivity index (χ1v) is 10.0. The van der Waals surface area contributed by atoms with E-state index >= 15 is 0 Å². The number of carbonyl (C=O) groups is 4. The summed E-state index contributed by atoms with van der Waals surface area (Å²) in [6, 6.07) is 9.61. The summed E-state index contributed by atoms with van der Waals surface area (Å²) in [6.45, 7) is 1.70. The number of thioether (sulfide) groups is 1. The van der Waals surface area contributed by atoms with E-state index in [1.807, 2.05) is 0 Å². The number of hydrogen-bond donors (Lipinski definition) is 0. The second-order valence-corrected chi connectivity index (χ2v) is 7.18. The molecule has 1 fully saturated rings. The van der Waals surface area contributed by atoms with Crippen molar-refractivity contribution in [2.45, 2.75) is 13.5 Å². The van der Waals surface area contributed by atoms with Gasteiger partial charge >= 0.3 is 11.9 Å². The van der Waals surface area contributed by atoms with E-state index in [4.69, 9.17) is 13.9 Å². The molecule has 1 saturated heterocycles. The molecule has 1 aromatic carbocycles. The van der Waals surface area contributed by atoms with Crippen LogP contribution in [0, 0.1) is 0 Å². The number of nitrogens with zero attached hydrogens (tertiary/aromatic N) is 1. The molecule has 0 bridgehead atoms. The van der Waals surface area contributed by atoms with Crippen molar-refractivity contribution in [1.82, 2.24) is 4.90 Å². The lowest BCUT2D eigenvalue weighted by molar-refractivity contribution is -0.145. The number of amides is 2. The Balaban J connectivity index is 1.64. The van der Waals surface area contributed by atoms with Gasteiger partial charge < -0.3 is 18.6 Å². The van der Waals surface area contributed by atoms with E-state index in [1.54, 1.807) is 37.3 Å². The van der Waals surface area contributed by atoms with Crippen molar-refractivity contribution in [3.8, 4) is 5.75 Å². The molecule has 162 valence electrons. The highest BCUT2D eigenvalue weighted by molar-refractivity contribution is 8.18. The molecule has 10 heteroatoms. The zero-order chi connectivity index (χ0) is 22.4. The van der Waals surface area contributed by atoms with E-state index < -0.39 is 23.1 Å². The fourth-order valence-electron chi connectivity index (χ4n) is 2.62. The lowest BCUT2D eigenvalue weighted by atomic mass is 10.2. The fourth-order valence-corrected chi connectivity index (χ4v) is 3.46. The van der Waals surface area contributed by atoms with Gasteiger partial charge in [0.15, 0.2) is 6.61 Å². The van der Waals surface area contributed by atoms with Crippen LogP contribution in [0.4, 0.5) is 4.79 Å². The van der Waals surface area contributed by atoms with Gasteiger partial charge in [0.25, 0.3) is 11.1 Å². The SMILES string of the molecule is CCOC(=O)COc1ccc(C=C2SC(=O)N(Cc3ccc(C(=O)OC)o3)C2=O)cc1. The largest absolute Gasteiger partial charge is 0.482 e. The molecule has 2 heterocycles. The van der Waals surface area contributed by atoms with Crippen molar-refractivity contribution in [3.63, 3.8) is 0 Å². The van der Waals surface area contributed by atoms with Crippen molar-refractivity contribution >= 4 is 40.9 Å². The predicted molar refractivity (Wildman–Crippen MR) is 110 cm³/mol. The lowest BCUT2D eigenvalue weighted by Crippen LogP contribution is -2.27. The monoisotopic (exact) mass is 445 g/mol. The van der Waals surface area contributed by atoms with E-state index in [9.17, 15) is 19.2 Å². The van der Waals surface area contributed by atoms with Crippen LogP contribution in [-0.2, 0) is 25.6 Å². The molecule has 0 unspecified atom stereocenters. The van der Waals surface area contributed by atoms with Crippen molar-refractivity contribution in [1.29, 1.82) is 0 Å². The zero-order valence-corrected chi connectivity index (χ0v) is 17.6. The summed E-state index contributed by atoms with van der Waals surface area (Å²) in [6.07, 6.45) is 1.59. The van der Waals surface area contributed by atoms with Crippen LogP contribution in [0.2, 0.25) is 0 Å². The molecule has 2 aromatic rings. The molecule has 1 aliphatic heterocycles. The summed E-state index contributed by atoms with van der Waals surface area (Å²) in [5.74, 6) is -0.825. The van der Waals surface area contributed by atoms with Crippen LogP contribution in [0.5, 0.6) is 5.75 Å². The van der Waals surface area contributed by atoms with Gasteiger partial charge in [0.2, 0.25) is 5.76 Å². The molecule has 9 nitrogen and oxygen atoms in total. The number of hydrogen-bond acceptors (Lipinski definition) is 9. The molecule has 3 rings (SSSR count). The Hall–Kier alpha value is -3.53. The second-order valence-electron chi connectivity index (χ2n) is 6.19. The van der Waals surface area contributed by atoms with E-state index in [1.165, 1.54) is 19.2 Å². The minimum atomic E-state index is -0.644. The molecule has 0 saturated carbocycles. The van der Waals surface area contributed by atoms with Crippen LogP contribution in [0.25, 0.3) is 6.08 Å². The van der Waals surface area contributed by atoms with Gasteiger partial charge in [-0.15, -0.1) is 0 Å². The van der Waals surface area contributed by atoms with Crippen molar-refractivity contribution in [2.24, 2.45) is 0 Å². The molecule has 0 spiro atoms. The highest BCUT2D eigenvalue weighted by atomic mass is 32.2. The first-order valence-electron chi connectivity index (χ1n) is 9.22. The fraction of sp³-hybridized carbons (Fsp3) is 0.238. The van der Waals surface area contributed by atoms with Crippen LogP contribution in [0.3, 0.4) is 0 Å². The predicted octanol–water partition coefficient (Wildman–Crippen LogP) is 3.24. The molecule has 0 N–H and O–H groups in total. The number of esters is 2. The topological polar surface area (TPSA) is 112 Å². The van der Waals surface area contributed by atoms with Crippen LogP contribution in [0.1, 0.15) is 28.8 Å². The summed E-state index contributed by atoms with van der Waals surface area (Å²) in [7, 11) is 1.23. The van der Waals surface area contributed by atoms with Gasteiger partial charge in [-0.1, -0.05) is 12.1 Å². The van der Waals surface area contributed by atoms with Gasteiger partial charge in [-0.2, -0.15) is 0 Å². The van der Waals surface area contributed by atoms with Crippen molar-refractivity contribution < 1.29 is 37.8 Å². The zero-order valence-electron chi connectivity index (χ0n) is 16.8. The summed E-state index contributed by atoms with van der Waals surface area (Å²) >= 11 is 0.810. The van der Waals surface area contributed by atoms with E-state index in [-0.39, 0.29) is 36.2 Å². The van der Waals surface area contributed by atoms with E-state index in [0.717, 1.165) is 16.7 Å². The minimum absolute atomic E-state index is 0.00900. The first-order chi connectivity index (χ1) is 14.9. The van der Waals surface area contributed by atoms with E-state index in [2.05, 4.69) is 4.74 Å². The molecule has 31 heavy (non-hydrogen) atoms. The van der Waals surface area contributed by atoms with Gasteiger partial charge in [-0.3, -0.25) is 14.5 Å². The van der Waals surface area contributed by atoms with Gasteiger partial charge in [-0.25, -0.2) is 9.59 Å². The summed E-state index contributed by atoms with van der Waals surface area (Å²) in [4.78, 5) is 49.0. The smallest absolute Gasteiger partial charge is 0.373 e. The number of rotatable bonds is 8. The van der Waals surface area contributed by atoms with Gasteiger partial charge in [-0.05, 0) is 54.6 Å². The van der Waals surface area contributed by atoms with Crippen LogP contribution in [0.15, 0.2) is 45.7 Å². The molecular weight excluding hydrogens is 426 g/mol. The lowest BCUT2D eigenvalue weighted by Gasteiger charge is -2.10. The Labute approximate surface area is 181 Å². The maximum absolute atomic E-state index is 12.6. The normalized spacial score (nSPS) is 14.8. The first kappa shape index (κ1) is 22.2. The molecular formula is C21H19NO8S. The molecule has 0 aliphatic carbocycles. The average Bonchev–Trinajstić information content (AvgIpc) is 3.33. The third kappa shape index (κ3) is 5.54. The number of carbonyl (C=O) groups excluding carboxylic acids is 4. The van der Waals surface area contributed by atoms with E-state index in [0.29, 0.717) is 11.3 Å². The van der Waals surface area contributed by atoms with Gasteiger partial charge in [0.1, 0.15) is 11.5 Å². The standard InChI is InChI=1S/C21H19NO8S/c1-3-28-18(23)12-29-14-6-4-13(5-7-14)10-17-19(24)22(21(26)31-17)11-15-8-9-16(30-15)20(25)27-2/h4-10H,3,11-12H2,1-2H3. The average molecular weight is 445 g/mol. The number of ether oxygens (including phenoxy) is 3. The third-order valence-electron chi connectivity index (χ3n) is 4.08. The van der Waals surface area contributed by atoms with Crippen LogP contribution < -0.4 is 4.74 Å². The Kier molecular flexibility index (Phi) is 7.14. The second kappa shape index (κ2) is 9.98. The van der Waals surface area contributed by atoms with Crippen LogP contribution >= 0.6 is 11.8 Å². The summed E-state index contributed by atoms with van der Waals surface area (Å²) < 4.78 is 20.0. The molecule has 2 amide bonds. The van der Waals surface area contributed by atoms with Crippen molar-refractivity contribution in [2.75, 3.05) is 20.3 Å². The number of furan rings is 1. The van der Waals surface area contributed by atoms with Gasteiger partial charge in [0, 0.05) is 0 Å². The Bertz CT molecular complexity index is 1020. The maximum atomic E-state index is 12.6. The maximum Gasteiger partial charge on any atom is 0.373 e.